The zero-order valence-electron chi connectivity index (χ0n) is 16.4. The van der Waals surface area contributed by atoms with Gasteiger partial charge in [-0.15, -0.1) is 0 Å². The van der Waals surface area contributed by atoms with Crippen molar-refractivity contribution in [1.82, 2.24) is 5.32 Å². The Morgan fingerprint density at radius 1 is 1.07 bits per heavy atom. The number of hydrogen-bond acceptors (Lipinski definition) is 4. The summed E-state index contributed by atoms with van der Waals surface area (Å²) in [5.41, 5.74) is 7.98. The van der Waals surface area contributed by atoms with E-state index in [9.17, 15) is 4.79 Å². The second kappa shape index (κ2) is 14.8. The summed E-state index contributed by atoms with van der Waals surface area (Å²) < 4.78 is 4.94. The summed E-state index contributed by atoms with van der Waals surface area (Å²) >= 11 is 0. The number of hydrogen-bond donors (Lipinski definition) is 2. The molecule has 0 bridgehead atoms. The SMILES string of the molecule is C.C.COC(=O)C(c1ccccc1)C1CCCCN1.C[C@H](N)Cc1ccccc1. The second-order valence-electron chi connectivity index (χ2n) is 7.13. The van der Waals surface area contributed by atoms with Gasteiger partial charge in [-0.2, -0.15) is 0 Å². The number of benzene rings is 2. The number of piperidine rings is 1. The number of nitrogens with one attached hydrogen (secondary N) is 1. The van der Waals surface area contributed by atoms with Gasteiger partial charge in [0.05, 0.1) is 13.0 Å². The molecule has 0 saturated carbocycles. The van der Waals surface area contributed by atoms with Gasteiger partial charge >= 0.3 is 5.97 Å². The molecule has 4 heteroatoms. The molecule has 2 aromatic rings. The summed E-state index contributed by atoms with van der Waals surface area (Å²) in [6.45, 7) is 3.01. The minimum atomic E-state index is -0.179. The van der Waals surface area contributed by atoms with E-state index in [0.29, 0.717) is 0 Å². The average molecular weight is 401 g/mol. The molecule has 4 nitrogen and oxygen atoms in total. The van der Waals surface area contributed by atoms with Crippen molar-refractivity contribution in [1.29, 1.82) is 0 Å². The minimum Gasteiger partial charge on any atom is -0.469 e. The smallest absolute Gasteiger partial charge is 0.314 e. The fraction of sp³-hybridized carbons (Fsp3) is 0.480. The van der Waals surface area contributed by atoms with Crippen molar-refractivity contribution in [2.45, 2.75) is 65.5 Å². The van der Waals surface area contributed by atoms with Crippen LogP contribution in [-0.4, -0.2) is 31.7 Å². The number of rotatable bonds is 5. The van der Waals surface area contributed by atoms with E-state index in [4.69, 9.17) is 10.5 Å². The number of esters is 1. The van der Waals surface area contributed by atoms with Gasteiger partial charge in [0.2, 0.25) is 0 Å². The molecule has 0 spiro atoms. The lowest BCUT2D eigenvalue weighted by Gasteiger charge is -2.29. The highest BCUT2D eigenvalue weighted by Crippen LogP contribution is 2.26. The highest BCUT2D eigenvalue weighted by molar-refractivity contribution is 5.79. The number of carbonyl (C=O) groups excluding carboxylic acids is 1. The third kappa shape index (κ3) is 9.25. The van der Waals surface area contributed by atoms with E-state index in [1.54, 1.807) is 0 Å². The van der Waals surface area contributed by atoms with Gasteiger partial charge in [0.25, 0.3) is 0 Å². The van der Waals surface area contributed by atoms with Crippen molar-refractivity contribution in [3.63, 3.8) is 0 Å². The van der Waals surface area contributed by atoms with Crippen LogP contribution in [0.2, 0.25) is 0 Å². The van der Waals surface area contributed by atoms with E-state index in [0.717, 1.165) is 24.9 Å². The van der Waals surface area contributed by atoms with Crippen LogP contribution in [0.25, 0.3) is 0 Å². The van der Waals surface area contributed by atoms with E-state index in [1.807, 2.05) is 55.5 Å². The Balaban J connectivity index is 0.000000567. The molecule has 1 heterocycles. The summed E-state index contributed by atoms with van der Waals surface area (Å²) in [4.78, 5) is 11.9. The Bertz CT molecular complexity index is 653. The molecule has 1 saturated heterocycles. The molecule has 162 valence electrons. The fourth-order valence-corrected chi connectivity index (χ4v) is 3.47. The molecule has 1 fully saturated rings. The molecule has 0 amide bonds. The molecular weight excluding hydrogens is 360 g/mol. The minimum absolute atomic E-state index is 0. The van der Waals surface area contributed by atoms with Gasteiger partial charge in [-0.25, -0.2) is 0 Å². The zero-order chi connectivity index (χ0) is 19.5. The molecule has 2 unspecified atom stereocenters. The normalized spacial score (nSPS) is 17.3. The highest BCUT2D eigenvalue weighted by atomic mass is 16.5. The quantitative estimate of drug-likeness (QED) is 0.698. The van der Waals surface area contributed by atoms with Gasteiger partial charge in [-0.1, -0.05) is 81.9 Å². The summed E-state index contributed by atoms with van der Waals surface area (Å²) in [6.07, 6.45) is 4.38. The van der Waals surface area contributed by atoms with Crippen LogP contribution in [0.4, 0.5) is 0 Å². The van der Waals surface area contributed by atoms with Crippen LogP contribution in [0.1, 0.15) is 58.1 Å². The van der Waals surface area contributed by atoms with Crippen LogP contribution in [0.15, 0.2) is 60.7 Å². The third-order valence-corrected chi connectivity index (χ3v) is 4.77. The second-order valence-corrected chi connectivity index (χ2v) is 7.13. The van der Waals surface area contributed by atoms with Gasteiger partial charge < -0.3 is 15.8 Å². The Morgan fingerprint density at radius 2 is 1.66 bits per heavy atom. The molecule has 3 rings (SSSR count). The van der Waals surface area contributed by atoms with Gasteiger partial charge in [0.1, 0.15) is 0 Å². The molecule has 1 aliphatic rings. The van der Waals surface area contributed by atoms with Crippen molar-refractivity contribution < 1.29 is 9.53 Å². The number of carbonyl (C=O) groups is 1. The first-order valence-electron chi connectivity index (χ1n) is 9.77. The zero-order valence-corrected chi connectivity index (χ0v) is 16.4. The first-order chi connectivity index (χ1) is 13.1. The molecule has 3 N–H and O–H groups in total. The van der Waals surface area contributed by atoms with Crippen molar-refractivity contribution in [2.75, 3.05) is 13.7 Å². The molecule has 0 aliphatic carbocycles. The van der Waals surface area contributed by atoms with Crippen molar-refractivity contribution >= 4 is 5.97 Å². The van der Waals surface area contributed by atoms with Crippen LogP contribution in [-0.2, 0) is 16.0 Å². The number of methoxy groups -OCH3 is 1. The van der Waals surface area contributed by atoms with Crippen LogP contribution < -0.4 is 11.1 Å². The average Bonchev–Trinajstić information content (AvgIpc) is 2.70. The Hall–Kier alpha value is -2.17. The Labute approximate surface area is 177 Å². The largest absolute Gasteiger partial charge is 0.469 e. The van der Waals surface area contributed by atoms with Crippen molar-refractivity contribution in [3.05, 3.63) is 71.8 Å². The Morgan fingerprint density at radius 3 is 2.14 bits per heavy atom. The maximum Gasteiger partial charge on any atom is 0.314 e. The first-order valence-corrected chi connectivity index (χ1v) is 9.77. The lowest BCUT2D eigenvalue weighted by Crippen LogP contribution is -2.42. The summed E-state index contributed by atoms with van der Waals surface area (Å²) in [5, 5.41) is 3.43. The van der Waals surface area contributed by atoms with E-state index < -0.39 is 0 Å². The lowest BCUT2D eigenvalue weighted by atomic mass is 9.86. The molecule has 0 radical (unpaired) electrons. The standard InChI is InChI=1S/C14H19NO2.C9H13N.2CH4/c1-17-14(16)13(11-7-3-2-4-8-11)12-9-5-6-10-15-12;1-8(10)7-9-5-3-2-4-6-9;;/h2-4,7-8,12-13,15H,5-6,9-10H2,1H3;2-6,8H,7,10H2,1H3;2*1H4/t;8-;;/m.0../s1. The van der Waals surface area contributed by atoms with Crippen LogP contribution in [0.5, 0.6) is 0 Å². The van der Waals surface area contributed by atoms with Gasteiger partial charge in [-0.05, 0) is 43.9 Å². The molecule has 3 atom stereocenters. The maximum absolute atomic E-state index is 11.9. The van der Waals surface area contributed by atoms with E-state index >= 15 is 0 Å². The monoisotopic (exact) mass is 400 g/mol. The molecule has 29 heavy (non-hydrogen) atoms. The van der Waals surface area contributed by atoms with E-state index in [2.05, 4.69) is 17.4 Å². The van der Waals surface area contributed by atoms with E-state index in [1.165, 1.54) is 25.5 Å². The van der Waals surface area contributed by atoms with Crippen molar-refractivity contribution in [2.24, 2.45) is 5.73 Å². The van der Waals surface area contributed by atoms with Gasteiger partial charge in [-0.3, -0.25) is 4.79 Å². The predicted octanol–water partition coefficient (Wildman–Crippen LogP) is 4.93. The van der Waals surface area contributed by atoms with E-state index in [-0.39, 0.29) is 38.8 Å². The van der Waals surface area contributed by atoms with Gasteiger partial charge in [0.15, 0.2) is 0 Å². The number of nitrogens with two attached hydrogens (primary N) is 1. The first kappa shape index (κ1) is 26.8. The topological polar surface area (TPSA) is 64.3 Å². The van der Waals surface area contributed by atoms with Crippen LogP contribution in [0, 0.1) is 0 Å². The van der Waals surface area contributed by atoms with Crippen molar-refractivity contribution in [3.8, 4) is 0 Å². The molecular formula is C25H40N2O2. The summed E-state index contributed by atoms with van der Waals surface area (Å²) in [5.74, 6) is -0.322. The predicted molar refractivity (Wildman–Crippen MR) is 124 cm³/mol. The number of ether oxygens (including phenoxy) is 1. The maximum atomic E-state index is 11.9. The van der Waals surface area contributed by atoms with Crippen LogP contribution >= 0.6 is 0 Å². The third-order valence-electron chi connectivity index (χ3n) is 4.77. The summed E-state index contributed by atoms with van der Waals surface area (Å²) in [6, 6.07) is 20.7. The Kier molecular flexibility index (Phi) is 13.7. The van der Waals surface area contributed by atoms with Crippen LogP contribution in [0.3, 0.4) is 0 Å². The fourth-order valence-electron chi connectivity index (χ4n) is 3.47. The highest BCUT2D eigenvalue weighted by Gasteiger charge is 2.31. The molecule has 0 aromatic heterocycles. The molecule has 2 aromatic carbocycles. The summed E-state index contributed by atoms with van der Waals surface area (Å²) in [7, 11) is 1.46. The lowest BCUT2D eigenvalue weighted by molar-refractivity contribution is -0.143. The van der Waals surface area contributed by atoms with Gasteiger partial charge in [0, 0.05) is 12.1 Å². The molecule has 1 aliphatic heterocycles.